The average Bonchev–Trinajstić information content (AvgIpc) is 2.87. The fraction of sp³-hybridized carbons (Fsp3) is 0.400. The van der Waals surface area contributed by atoms with Crippen LogP contribution in [0.15, 0.2) is 29.6 Å². The minimum Gasteiger partial charge on any atom is -0.330 e. The Bertz CT molecular complexity index is 533. The van der Waals surface area contributed by atoms with Crippen molar-refractivity contribution in [2.24, 2.45) is 5.73 Å². The molecule has 1 aliphatic carbocycles. The maximum absolute atomic E-state index is 5.58. The molecule has 1 unspecified atom stereocenters. The number of nitrogens with zero attached hydrogens (tertiary/aromatic N) is 1. The number of benzene rings is 1. The van der Waals surface area contributed by atoms with Crippen LogP contribution in [0, 0.1) is 0 Å². The summed E-state index contributed by atoms with van der Waals surface area (Å²) in [4.78, 5) is 4.74. The number of thiazole rings is 1. The first-order chi connectivity index (χ1) is 8.86. The summed E-state index contributed by atoms with van der Waals surface area (Å²) in [6, 6.07) is 8.80. The van der Waals surface area contributed by atoms with Gasteiger partial charge in [0.1, 0.15) is 0 Å². The molecule has 1 aliphatic rings. The standard InChI is InChI=1S/C15H18N2S/c16-8-7-14-10-18-15(17-14)13-6-5-11-3-1-2-4-12(11)9-13/h1-4,10,13H,5-9,16H2. The number of rotatable bonds is 3. The number of aromatic nitrogens is 1. The van der Waals surface area contributed by atoms with E-state index < -0.39 is 0 Å². The van der Waals surface area contributed by atoms with Gasteiger partial charge in [0.05, 0.1) is 10.7 Å². The molecule has 0 saturated heterocycles. The van der Waals surface area contributed by atoms with Crippen LogP contribution in [0.3, 0.4) is 0 Å². The molecule has 1 aromatic carbocycles. The molecule has 0 saturated carbocycles. The molecule has 1 heterocycles. The van der Waals surface area contributed by atoms with Gasteiger partial charge in [0.15, 0.2) is 0 Å². The number of fused-ring (bicyclic) bond motifs is 1. The maximum Gasteiger partial charge on any atom is 0.0962 e. The van der Waals surface area contributed by atoms with Gasteiger partial charge in [-0.1, -0.05) is 24.3 Å². The van der Waals surface area contributed by atoms with Crippen LogP contribution in [0.4, 0.5) is 0 Å². The van der Waals surface area contributed by atoms with Crippen molar-refractivity contribution >= 4 is 11.3 Å². The summed E-state index contributed by atoms with van der Waals surface area (Å²) >= 11 is 1.80. The van der Waals surface area contributed by atoms with E-state index in [1.54, 1.807) is 11.3 Å². The molecule has 3 rings (SSSR count). The van der Waals surface area contributed by atoms with Gasteiger partial charge in [0, 0.05) is 17.7 Å². The van der Waals surface area contributed by atoms with Crippen LogP contribution in [0.1, 0.15) is 34.2 Å². The van der Waals surface area contributed by atoms with E-state index in [2.05, 4.69) is 29.6 Å². The zero-order valence-corrected chi connectivity index (χ0v) is 11.2. The molecule has 0 radical (unpaired) electrons. The molecule has 94 valence electrons. The molecule has 2 aromatic rings. The summed E-state index contributed by atoms with van der Waals surface area (Å²) in [5.41, 5.74) is 9.76. The molecular formula is C15H18N2S. The maximum atomic E-state index is 5.58. The largest absolute Gasteiger partial charge is 0.330 e. The van der Waals surface area contributed by atoms with E-state index in [0.29, 0.717) is 12.5 Å². The molecule has 0 amide bonds. The minimum atomic E-state index is 0.608. The second kappa shape index (κ2) is 5.21. The van der Waals surface area contributed by atoms with Gasteiger partial charge in [0.25, 0.3) is 0 Å². The fourth-order valence-corrected chi connectivity index (χ4v) is 3.67. The van der Waals surface area contributed by atoms with Gasteiger partial charge in [-0.25, -0.2) is 4.98 Å². The second-order valence-corrected chi connectivity index (χ2v) is 5.81. The molecule has 0 fully saturated rings. The molecule has 3 heteroatoms. The van der Waals surface area contributed by atoms with Crippen molar-refractivity contribution in [3.05, 3.63) is 51.5 Å². The van der Waals surface area contributed by atoms with Crippen LogP contribution in [-0.4, -0.2) is 11.5 Å². The van der Waals surface area contributed by atoms with Crippen LogP contribution in [0.2, 0.25) is 0 Å². The lowest BCUT2D eigenvalue weighted by Gasteiger charge is -2.22. The third kappa shape index (κ3) is 2.33. The zero-order valence-electron chi connectivity index (χ0n) is 10.4. The normalized spacial score (nSPS) is 18.6. The third-order valence-corrected chi connectivity index (χ3v) is 4.72. The van der Waals surface area contributed by atoms with E-state index in [9.17, 15) is 0 Å². The minimum absolute atomic E-state index is 0.608. The van der Waals surface area contributed by atoms with Gasteiger partial charge in [0.2, 0.25) is 0 Å². The van der Waals surface area contributed by atoms with Gasteiger partial charge >= 0.3 is 0 Å². The van der Waals surface area contributed by atoms with E-state index in [1.165, 1.54) is 29.0 Å². The van der Waals surface area contributed by atoms with E-state index in [4.69, 9.17) is 10.7 Å². The Hall–Kier alpha value is -1.19. The Balaban J connectivity index is 1.78. The predicted octanol–water partition coefficient (Wildman–Crippen LogP) is 2.92. The predicted molar refractivity (Wildman–Crippen MR) is 76.1 cm³/mol. The summed E-state index contributed by atoms with van der Waals surface area (Å²) in [5, 5.41) is 3.47. The molecule has 2 nitrogen and oxygen atoms in total. The highest BCUT2D eigenvalue weighted by atomic mass is 32.1. The average molecular weight is 258 g/mol. The lowest BCUT2D eigenvalue weighted by atomic mass is 9.84. The molecular weight excluding hydrogens is 240 g/mol. The van der Waals surface area contributed by atoms with Crippen molar-refractivity contribution in [3.8, 4) is 0 Å². The fourth-order valence-electron chi connectivity index (χ4n) is 2.68. The summed E-state index contributed by atoms with van der Waals surface area (Å²) in [5.74, 6) is 0.608. The second-order valence-electron chi connectivity index (χ2n) is 4.92. The molecule has 2 N–H and O–H groups in total. The van der Waals surface area contributed by atoms with E-state index in [-0.39, 0.29) is 0 Å². The highest BCUT2D eigenvalue weighted by molar-refractivity contribution is 7.09. The first-order valence-corrected chi connectivity index (χ1v) is 7.46. The molecule has 1 atom stereocenters. The third-order valence-electron chi connectivity index (χ3n) is 3.67. The van der Waals surface area contributed by atoms with Crippen LogP contribution >= 0.6 is 11.3 Å². The Morgan fingerprint density at radius 1 is 1.28 bits per heavy atom. The van der Waals surface area contributed by atoms with E-state index in [0.717, 1.165) is 18.5 Å². The van der Waals surface area contributed by atoms with Crippen LogP contribution < -0.4 is 5.73 Å². The molecule has 0 bridgehead atoms. The van der Waals surface area contributed by atoms with E-state index in [1.807, 2.05) is 0 Å². The molecule has 1 aromatic heterocycles. The van der Waals surface area contributed by atoms with Crippen molar-refractivity contribution in [2.75, 3.05) is 6.54 Å². The lowest BCUT2D eigenvalue weighted by Crippen LogP contribution is -2.12. The monoisotopic (exact) mass is 258 g/mol. The van der Waals surface area contributed by atoms with E-state index >= 15 is 0 Å². The van der Waals surface area contributed by atoms with Crippen molar-refractivity contribution in [2.45, 2.75) is 31.6 Å². The number of hydrogen-bond donors (Lipinski definition) is 1. The van der Waals surface area contributed by atoms with Crippen LogP contribution in [0.25, 0.3) is 0 Å². The summed E-state index contributed by atoms with van der Waals surface area (Å²) < 4.78 is 0. The number of nitrogens with two attached hydrogens (primary N) is 1. The lowest BCUT2D eigenvalue weighted by molar-refractivity contribution is 0.580. The van der Waals surface area contributed by atoms with Crippen molar-refractivity contribution < 1.29 is 0 Å². The van der Waals surface area contributed by atoms with Crippen molar-refractivity contribution in [1.82, 2.24) is 4.98 Å². The SMILES string of the molecule is NCCc1csc(C2CCc3ccccc3C2)n1. The van der Waals surface area contributed by atoms with Gasteiger partial charge in [-0.2, -0.15) is 0 Å². The van der Waals surface area contributed by atoms with Crippen LogP contribution in [-0.2, 0) is 19.3 Å². The topological polar surface area (TPSA) is 38.9 Å². The zero-order chi connectivity index (χ0) is 12.4. The Kier molecular flexibility index (Phi) is 3.43. The molecule has 0 spiro atoms. The summed E-state index contributed by atoms with van der Waals surface area (Å²) in [6.45, 7) is 0.691. The quantitative estimate of drug-likeness (QED) is 0.919. The van der Waals surface area contributed by atoms with Crippen LogP contribution in [0.5, 0.6) is 0 Å². The van der Waals surface area contributed by atoms with Gasteiger partial charge < -0.3 is 5.73 Å². The first-order valence-electron chi connectivity index (χ1n) is 6.58. The van der Waals surface area contributed by atoms with Gasteiger partial charge in [-0.05, 0) is 36.9 Å². The smallest absolute Gasteiger partial charge is 0.0962 e. The number of aryl methyl sites for hydroxylation is 1. The summed E-state index contributed by atoms with van der Waals surface area (Å²) in [6.07, 6.45) is 4.46. The van der Waals surface area contributed by atoms with Gasteiger partial charge in [-0.3, -0.25) is 0 Å². The van der Waals surface area contributed by atoms with Crippen molar-refractivity contribution in [3.63, 3.8) is 0 Å². The Morgan fingerprint density at radius 2 is 2.11 bits per heavy atom. The highest BCUT2D eigenvalue weighted by Crippen LogP contribution is 2.33. The Labute approximate surface area is 112 Å². The number of hydrogen-bond acceptors (Lipinski definition) is 3. The Morgan fingerprint density at radius 3 is 2.94 bits per heavy atom. The summed E-state index contributed by atoms with van der Waals surface area (Å²) in [7, 11) is 0. The van der Waals surface area contributed by atoms with Gasteiger partial charge in [-0.15, -0.1) is 11.3 Å². The molecule has 18 heavy (non-hydrogen) atoms. The highest BCUT2D eigenvalue weighted by Gasteiger charge is 2.22. The first kappa shape index (κ1) is 11.9. The van der Waals surface area contributed by atoms with Crippen molar-refractivity contribution in [1.29, 1.82) is 0 Å². The molecule has 0 aliphatic heterocycles.